The highest BCUT2D eigenvalue weighted by atomic mass is 16.5. The Bertz CT molecular complexity index is 572. The van der Waals surface area contributed by atoms with Crippen LogP contribution in [-0.2, 0) is 0 Å². The third-order valence-electron chi connectivity index (χ3n) is 3.67. The van der Waals surface area contributed by atoms with Gasteiger partial charge in [-0.2, -0.15) is 5.10 Å². The Morgan fingerprint density at radius 1 is 1.25 bits per heavy atom. The summed E-state index contributed by atoms with van der Waals surface area (Å²) in [6.07, 6.45) is 0. The van der Waals surface area contributed by atoms with Gasteiger partial charge in [0, 0.05) is 17.8 Å². The van der Waals surface area contributed by atoms with E-state index in [-0.39, 0.29) is 0 Å². The van der Waals surface area contributed by atoms with Gasteiger partial charge in [0.2, 0.25) is 0 Å². The number of nitrogens with one attached hydrogen (secondary N) is 1. The van der Waals surface area contributed by atoms with Crippen molar-refractivity contribution in [2.24, 2.45) is 0 Å². The van der Waals surface area contributed by atoms with Crippen molar-refractivity contribution in [1.29, 1.82) is 0 Å². The molecule has 0 spiro atoms. The van der Waals surface area contributed by atoms with Crippen LogP contribution in [-0.4, -0.2) is 30.5 Å². The molecule has 0 radical (unpaired) electrons. The summed E-state index contributed by atoms with van der Waals surface area (Å²) in [6, 6.07) is 7.99. The summed E-state index contributed by atoms with van der Waals surface area (Å²) in [5, 5.41) is 7.92. The van der Waals surface area contributed by atoms with E-state index in [0.717, 1.165) is 23.7 Å². The van der Waals surface area contributed by atoms with Crippen LogP contribution < -0.4 is 10.1 Å². The lowest BCUT2D eigenvalue weighted by molar-refractivity contribution is 0.414. The van der Waals surface area contributed by atoms with Gasteiger partial charge in [-0.05, 0) is 51.1 Å². The third-order valence-corrected chi connectivity index (χ3v) is 3.67. The maximum absolute atomic E-state index is 5.20. The number of benzene rings is 1. The minimum atomic E-state index is 0.451. The van der Waals surface area contributed by atoms with Gasteiger partial charge in [0.15, 0.2) is 0 Å². The smallest absolute Gasteiger partial charge is 0.119 e. The van der Waals surface area contributed by atoms with E-state index in [1.165, 1.54) is 11.3 Å². The Morgan fingerprint density at radius 3 is 2.45 bits per heavy atom. The second-order valence-electron chi connectivity index (χ2n) is 5.15. The zero-order chi connectivity index (χ0) is 14.7. The van der Waals surface area contributed by atoms with E-state index in [0.29, 0.717) is 5.92 Å². The number of hydrogen-bond donors (Lipinski definition) is 1. The van der Waals surface area contributed by atoms with Gasteiger partial charge in [0.1, 0.15) is 5.75 Å². The number of hydrogen-bond acceptors (Lipinski definition) is 3. The zero-order valence-electron chi connectivity index (χ0n) is 12.9. The first-order chi connectivity index (χ1) is 9.58. The molecule has 2 aromatic rings. The molecule has 0 fully saturated rings. The molecule has 1 heterocycles. The van der Waals surface area contributed by atoms with Gasteiger partial charge >= 0.3 is 0 Å². The minimum Gasteiger partial charge on any atom is -0.497 e. The maximum atomic E-state index is 5.20. The van der Waals surface area contributed by atoms with E-state index < -0.39 is 0 Å². The van der Waals surface area contributed by atoms with Gasteiger partial charge in [-0.1, -0.05) is 6.92 Å². The van der Waals surface area contributed by atoms with Crippen LogP contribution in [0.5, 0.6) is 5.75 Å². The van der Waals surface area contributed by atoms with Crippen LogP contribution in [0.25, 0.3) is 5.69 Å². The summed E-state index contributed by atoms with van der Waals surface area (Å²) < 4.78 is 7.21. The monoisotopic (exact) mass is 273 g/mol. The summed E-state index contributed by atoms with van der Waals surface area (Å²) in [6.45, 7) is 7.39. The van der Waals surface area contributed by atoms with E-state index in [9.17, 15) is 0 Å². The first-order valence-electron chi connectivity index (χ1n) is 6.93. The van der Waals surface area contributed by atoms with Crippen LogP contribution in [0.1, 0.15) is 29.8 Å². The number of rotatable bonds is 5. The number of nitrogens with zero attached hydrogens (tertiary/aromatic N) is 2. The van der Waals surface area contributed by atoms with Gasteiger partial charge in [0.25, 0.3) is 0 Å². The van der Waals surface area contributed by atoms with Gasteiger partial charge < -0.3 is 10.1 Å². The fraction of sp³-hybridized carbons (Fsp3) is 0.438. The van der Waals surface area contributed by atoms with Crippen molar-refractivity contribution in [2.75, 3.05) is 20.7 Å². The standard InChI is InChI=1S/C16H23N3O/c1-11(10-17-4)16-12(2)18-19(13(16)3)14-6-8-15(20-5)9-7-14/h6-9,11,17H,10H2,1-5H3. The van der Waals surface area contributed by atoms with Crippen molar-refractivity contribution in [3.63, 3.8) is 0 Å². The normalized spacial score (nSPS) is 12.4. The summed E-state index contributed by atoms with van der Waals surface area (Å²) >= 11 is 0. The van der Waals surface area contributed by atoms with Crippen molar-refractivity contribution in [1.82, 2.24) is 15.1 Å². The van der Waals surface area contributed by atoms with E-state index in [4.69, 9.17) is 4.74 Å². The molecular weight excluding hydrogens is 250 g/mol. The molecule has 1 atom stereocenters. The lowest BCUT2D eigenvalue weighted by Gasteiger charge is -2.12. The molecule has 2 rings (SSSR count). The van der Waals surface area contributed by atoms with Crippen molar-refractivity contribution >= 4 is 0 Å². The first kappa shape index (κ1) is 14.6. The van der Waals surface area contributed by atoms with Crippen LogP contribution in [0.3, 0.4) is 0 Å². The molecule has 0 saturated carbocycles. The maximum Gasteiger partial charge on any atom is 0.119 e. The molecule has 0 aliphatic heterocycles. The number of aryl methyl sites for hydroxylation is 1. The predicted octanol–water partition coefficient (Wildman–Crippen LogP) is 2.82. The number of aromatic nitrogens is 2. The average Bonchev–Trinajstić information content (AvgIpc) is 2.74. The molecule has 1 aromatic heterocycles. The number of methoxy groups -OCH3 is 1. The fourth-order valence-corrected chi connectivity index (χ4v) is 2.75. The Labute approximate surface area is 120 Å². The van der Waals surface area contributed by atoms with Crippen LogP contribution in [0.2, 0.25) is 0 Å². The zero-order valence-corrected chi connectivity index (χ0v) is 12.9. The van der Waals surface area contributed by atoms with Crippen molar-refractivity contribution in [3.8, 4) is 11.4 Å². The largest absolute Gasteiger partial charge is 0.497 e. The van der Waals surface area contributed by atoms with Crippen LogP contribution >= 0.6 is 0 Å². The molecular formula is C16H23N3O. The lowest BCUT2D eigenvalue weighted by atomic mass is 9.99. The molecule has 0 amide bonds. The molecule has 0 aliphatic rings. The van der Waals surface area contributed by atoms with Gasteiger partial charge in [-0.25, -0.2) is 4.68 Å². The molecule has 1 N–H and O–H groups in total. The summed E-state index contributed by atoms with van der Waals surface area (Å²) in [5.41, 5.74) is 4.70. The van der Waals surface area contributed by atoms with Crippen molar-refractivity contribution in [2.45, 2.75) is 26.7 Å². The molecule has 0 saturated heterocycles. The number of likely N-dealkylation sites (N-methyl/N-ethyl adjacent to an activating group) is 1. The second kappa shape index (κ2) is 6.09. The molecule has 1 aromatic carbocycles. The predicted molar refractivity (Wildman–Crippen MR) is 81.9 cm³/mol. The van der Waals surface area contributed by atoms with E-state index >= 15 is 0 Å². The van der Waals surface area contributed by atoms with Crippen molar-refractivity contribution in [3.05, 3.63) is 41.2 Å². The SMILES string of the molecule is CNCC(C)c1c(C)nn(-c2ccc(OC)cc2)c1C. The van der Waals surface area contributed by atoms with Crippen LogP contribution in [0.4, 0.5) is 0 Å². The Kier molecular flexibility index (Phi) is 4.45. The summed E-state index contributed by atoms with van der Waals surface area (Å²) in [4.78, 5) is 0. The summed E-state index contributed by atoms with van der Waals surface area (Å²) in [7, 11) is 3.66. The van der Waals surface area contributed by atoms with E-state index in [1.54, 1.807) is 7.11 Å². The molecule has 0 bridgehead atoms. The summed E-state index contributed by atoms with van der Waals surface area (Å²) in [5.74, 6) is 1.31. The fourth-order valence-electron chi connectivity index (χ4n) is 2.75. The van der Waals surface area contributed by atoms with Gasteiger partial charge in [-0.3, -0.25) is 0 Å². The highest BCUT2D eigenvalue weighted by Crippen LogP contribution is 2.25. The Morgan fingerprint density at radius 2 is 1.90 bits per heavy atom. The minimum absolute atomic E-state index is 0.451. The molecule has 4 nitrogen and oxygen atoms in total. The molecule has 20 heavy (non-hydrogen) atoms. The third kappa shape index (κ3) is 2.70. The highest BCUT2D eigenvalue weighted by molar-refractivity contribution is 5.41. The van der Waals surface area contributed by atoms with Crippen LogP contribution in [0, 0.1) is 13.8 Å². The van der Waals surface area contributed by atoms with Gasteiger partial charge in [0.05, 0.1) is 18.5 Å². The van der Waals surface area contributed by atoms with Crippen LogP contribution in [0.15, 0.2) is 24.3 Å². The molecule has 1 unspecified atom stereocenters. The Balaban J connectivity index is 2.40. The molecule has 108 valence electrons. The van der Waals surface area contributed by atoms with E-state index in [2.05, 4.69) is 31.2 Å². The average molecular weight is 273 g/mol. The molecule has 0 aliphatic carbocycles. The molecule has 4 heteroatoms. The highest BCUT2D eigenvalue weighted by Gasteiger charge is 2.17. The topological polar surface area (TPSA) is 39.1 Å². The quantitative estimate of drug-likeness (QED) is 0.910. The first-order valence-corrected chi connectivity index (χ1v) is 6.93. The second-order valence-corrected chi connectivity index (χ2v) is 5.15. The lowest BCUT2D eigenvalue weighted by Crippen LogP contribution is -2.15. The van der Waals surface area contributed by atoms with Crippen molar-refractivity contribution < 1.29 is 4.74 Å². The van der Waals surface area contributed by atoms with Gasteiger partial charge in [-0.15, -0.1) is 0 Å². The Hall–Kier alpha value is -1.81. The number of ether oxygens (including phenoxy) is 1. The van der Waals surface area contributed by atoms with E-state index in [1.807, 2.05) is 36.0 Å².